The topological polar surface area (TPSA) is 148 Å². The Morgan fingerprint density at radius 3 is 2.94 bits per heavy atom. The summed E-state index contributed by atoms with van der Waals surface area (Å²) in [6.07, 6.45) is 5.87. The van der Waals surface area contributed by atoms with Crippen LogP contribution in [-0.2, 0) is 4.79 Å². The van der Waals surface area contributed by atoms with Gasteiger partial charge in [-0.05, 0) is 43.9 Å². The Hall–Kier alpha value is -3.73. The molecule has 3 heterocycles. The summed E-state index contributed by atoms with van der Waals surface area (Å²) in [7, 11) is 0. The third kappa shape index (κ3) is 4.76. The largest absolute Gasteiger partial charge is 0.492 e. The van der Waals surface area contributed by atoms with Crippen LogP contribution in [0.5, 0.6) is 5.75 Å². The minimum absolute atomic E-state index is 0.158. The van der Waals surface area contributed by atoms with Crippen LogP contribution in [0.1, 0.15) is 48.5 Å². The number of fused-ring (bicyclic) bond motifs is 1. The molecule has 0 radical (unpaired) electrons. The summed E-state index contributed by atoms with van der Waals surface area (Å²) in [5.41, 5.74) is 7.41. The van der Waals surface area contributed by atoms with Gasteiger partial charge in [0.1, 0.15) is 24.2 Å². The number of hydrogen-bond acceptors (Lipinski definition) is 8. The van der Waals surface area contributed by atoms with Gasteiger partial charge in [0, 0.05) is 18.5 Å². The van der Waals surface area contributed by atoms with Crippen LogP contribution in [0.25, 0.3) is 11.2 Å². The van der Waals surface area contributed by atoms with Gasteiger partial charge >= 0.3 is 0 Å². The smallest absolute Gasteiger partial charge is 0.251 e. The summed E-state index contributed by atoms with van der Waals surface area (Å²) >= 11 is 0. The average Bonchev–Trinajstić information content (AvgIpc) is 3.48. The second kappa shape index (κ2) is 9.87. The highest BCUT2D eigenvalue weighted by molar-refractivity contribution is 5.94. The molecule has 1 aliphatic heterocycles. The van der Waals surface area contributed by atoms with Crippen molar-refractivity contribution in [1.29, 1.82) is 0 Å². The van der Waals surface area contributed by atoms with E-state index in [0.29, 0.717) is 48.5 Å². The zero-order valence-electron chi connectivity index (χ0n) is 19.3. The molecule has 3 atom stereocenters. The molecule has 184 valence electrons. The molecule has 1 aromatic carbocycles. The van der Waals surface area contributed by atoms with Crippen molar-refractivity contribution in [3.05, 3.63) is 42.5 Å². The van der Waals surface area contributed by atoms with Gasteiger partial charge < -0.3 is 30.4 Å². The van der Waals surface area contributed by atoms with E-state index in [1.54, 1.807) is 35.5 Å². The fraction of sp³-hybridized carbons (Fsp3) is 0.458. The Labute approximate surface area is 202 Å². The number of nitrogens with one attached hydrogen (secondary N) is 1. The first kappa shape index (κ1) is 23.0. The minimum atomic E-state index is -0.821. The average molecular weight is 480 g/mol. The Morgan fingerprint density at radius 1 is 1.23 bits per heavy atom. The van der Waals surface area contributed by atoms with Crippen molar-refractivity contribution in [1.82, 2.24) is 29.7 Å². The number of aliphatic hydroxyl groups excluding tert-OH is 1. The lowest BCUT2D eigenvalue weighted by Gasteiger charge is -2.36. The Bertz CT molecular complexity index is 1230. The van der Waals surface area contributed by atoms with Gasteiger partial charge in [0.25, 0.3) is 5.91 Å². The normalized spacial score (nSPS) is 22.5. The number of hydrogen-bond donors (Lipinski definition) is 3. The molecule has 2 amide bonds. The predicted octanol–water partition coefficient (Wildman–Crippen LogP) is 1.29. The van der Waals surface area contributed by atoms with Crippen molar-refractivity contribution in [2.45, 2.75) is 50.3 Å². The lowest BCUT2D eigenvalue weighted by Crippen LogP contribution is -2.49. The Balaban J connectivity index is 1.22. The van der Waals surface area contributed by atoms with Crippen molar-refractivity contribution in [2.75, 3.05) is 25.4 Å². The van der Waals surface area contributed by atoms with E-state index in [0.717, 1.165) is 25.8 Å². The Kier molecular flexibility index (Phi) is 6.49. The molecule has 5 rings (SSSR count). The maximum atomic E-state index is 13.0. The molecule has 0 unspecified atom stereocenters. The number of ether oxygens (including phenoxy) is 1. The van der Waals surface area contributed by atoms with Gasteiger partial charge in [-0.2, -0.15) is 0 Å². The number of aliphatic hydroxyl groups is 1. The van der Waals surface area contributed by atoms with Crippen LogP contribution in [0.3, 0.4) is 0 Å². The van der Waals surface area contributed by atoms with Gasteiger partial charge in [-0.25, -0.2) is 15.0 Å². The van der Waals surface area contributed by atoms with Gasteiger partial charge in [0.2, 0.25) is 5.91 Å². The molecule has 3 aromatic rings. The van der Waals surface area contributed by atoms with Crippen molar-refractivity contribution >= 4 is 28.8 Å². The standard InChI is InChI=1S/C24H29N7O4/c25-22-20-23(27-13-26-22)31(14-28-20)18-7-2-6-17(21(18)33)29-24(34)15-4-1-5-16(12-15)35-11-10-30-9-3-8-19(30)32/h1,4-5,12-14,17-18,21,33H,2-3,6-11H2,(H,29,34)(H2,25,26,27)/t17-,18-,21-/m0/s1. The molecular formula is C24H29N7O4. The van der Waals surface area contributed by atoms with E-state index < -0.39 is 12.1 Å². The fourth-order valence-corrected chi connectivity index (χ4v) is 4.92. The van der Waals surface area contributed by atoms with Crippen LogP contribution in [0.4, 0.5) is 5.82 Å². The summed E-state index contributed by atoms with van der Waals surface area (Å²) in [5, 5.41) is 14.1. The van der Waals surface area contributed by atoms with Crippen LogP contribution in [0.15, 0.2) is 36.9 Å². The van der Waals surface area contributed by atoms with Crippen LogP contribution < -0.4 is 15.8 Å². The van der Waals surface area contributed by atoms with E-state index in [-0.39, 0.29) is 23.7 Å². The number of nitrogens with zero attached hydrogens (tertiary/aromatic N) is 5. The van der Waals surface area contributed by atoms with Gasteiger partial charge in [-0.1, -0.05) is 6.07 Å². The predicted molar refractivity (Wildman–Crippen MR) is 128 cm³/mol. The lowest BCUT2D eigenvalue weighted by atomic mass is 9.87. The number of benzene rings is 1. The summed E-state index contributed by atoms with van der Waals surface area (Å²) in [6, 6.07) is 6.21. The first-order chi connectivity index (χ1) is 17.0. The highest BCUT2D eigenvalue weighted by Gasteiger charge is 2.35. The number of anilines is 1. The lowest BCUT2D eigenvalue weighted by molar-refractivity contribution is -0.128. The number of imidazole rings is 1. The fourth-order valence-electron chi connectivity index (χ4n) is 4.92. The number of carbonyl (C=O) groups is 2. The Morgan fingerprint density at radius 2 is 2.11 bits per heavy atom. The zero-order chi connectivity index (χ0) is 24.4. The highest BCUT2D eigenvalue weighted by Crippen LogP contribution is 2.32. The summed E-state index contributed by atoms with van der Waals surface area (Å²) in [5.74, 6) is 0.731. The quantitative estimate of drug-likeness (QED) is 0.459. The molecule has 2 aliphatic rings. The number of amides is 2. The second-order valence-electron chi connectivity index (χ2n) is 9.01. The van der Waals surface area contributed by atoms with Crippen molar-refractivity contribution in [2.24, 2.45) is 0 Å². The molecular weight excluding hydrogens is 450 g/mol. The van der Waals surface area contributed by atoms with Gasteiger partial charge in [0.05, 0.1) is 31.1 Å². The molecule has 0 bridgehead atoms. The number of aromatic nitrogens is 4. The van der Waals surface area contributed by atoms with Crippen molar-refractivity contribution in [3.63, 3.8) is 0 Å². The van der Waals surface area contributed by atoms with Crippen LogP contribution in [0, 0.1) is 0 Å². The minimum Gasteiger partial charge on any atom is -0.492 e. The van der Waals surface area contributed by atoms with Gasteiger partial charge in [-0.3, -0.25) is 9.59 Å². The van der Waals surface area contributed by atoms with Gasteiger partial charge in [0.15, 0.2) is 11.5 Å². The number of rotatable bonds is 7. The number of carbonyl (C=O) groups excluding carboxylic acids is 2. The first-order valence-electron chi connectivity index (χ1n) is 11.9. The monoisotopic (exact) mass is 479 g/mol. The molecule has 4 N–H and O–H groups in total. The molecule has 1 saturated heterocycles. The van der Waals surface area contributed by atoms with Crippen molar-refractivity contribution < 1.29 is 19.4 Å². The van der Waals surface area contributed by atoms with E-state index in [9.17, 15) is 14.7 Å². The molecule has 2 aromatic heterocycles. The molecule has 1 saturated carbocycles. The van der Waals surface area contributed by atoms with Gasteiger partial charge in [-0.15, -0.1) is 0 Å². The first-order valence-corrected chi connectivity index (χ1v) is 11.9. The number of nitrogen functional groups attached to an aromatic ring is 1. The zero-order valence-corrected chi connectivity index (χ0v) is 19.3. The van der Waals surface area contributed by atoms with Crippen molar-refractivity contribution in [3.8, 4) is 5.75 Å². The number of likely N-dealkylation sites (tertiary alicyclic amines) is 1. The third-order valence-electron chi connectivity index (χ3n) is 6.78. The summed E-state index contributed by atoms with van der Waals surface area (Å²) in [6.45, 7) is 1.67. The van der Waals surface area contributed by atoms with E-state index in [4.69, 9.17) is 10.5 Å². The highest BCUT2D eigenvalue weighted by atomic mass is 16.5. The van der Waals surface area contributed by atoms with E-state index in [1.165, 1.54) is 6.33 Å². The number of nitrogens with two attached hydrogens (primary N) is 1. The van der Waals surface area contributed by atoms with E-state index in [1.807, 2.05) is 4.57 Å². The maximum absolute atomic E-state index is 13.0. The van der Waals surface area contributed by atoms with Crippen LogP contribution in [-0.4, -0.2) is 73.2 Å². The molecule has 11 heteroatoms. The SMILES string of the molecule is Nc1ncnc2c1ncn2[C@H]1CCC[C@H](NC(=O)c2cccc(OCCN3CCCC3=O)c2)[C@@H]1O. The molecule has 0 spiro atoms. The third-order valence-corrected chi connectivity index (χ3v) is 6.78. The van der Waals surface area contributed by atoms with Crippen LogP contribution >= 0.6 is 0 Å². The van der Waals surface area contributed by atoms with E-state index >= 15 is 0 Å². The molecule has 1 aliphatic carbocycles. The van der Waals surface area contributed by atoms with Crippen LogP contribution in [0.2, 0.25) is 0 Å². The maximum Gasteiger partial charge on any atom is 0.251 e. The molecule has 11 nitrogen and oxygen atoms in total. The summed E-state index contributed by atoms with van der Waals surface area (Å²) < 4.78 is 7.59. The second-order valence-corrected chi connectivity index (χ2v) is 9.01. The molecule has 2 fully saturated rings. The summed E-state index contributed by atoms with van der Waals surface area (Å²) in [4.78, 5) is 39.1. The van der Waals surface area contributed by atoms with E-state index in [2.05, 4.69) is 20.3 Å². The molecule has 35 heavy (non-hydrogen) atoms.